The normalized spacial score (nSPS) is 18.7. The number of anilines is 1. The van der Waals surface area contributed by atoms with Gasteiger partial charge in [0.2, 0.25) is 5.91 Å². The highest BCUT2D eigenvalue weighted by Gasteiger charge is 2.27. The predicted molar refractivity (Wildman–Crippen MR) is 92.7 cm³/mol. The molecule has 1 fully saturated rings. The number of rotatable bonds is 3. The van der Waals surface area contributed by atoms with E-state index < -0.39 is 0 Å². The first-order valence-electron chi connectivity index (χ1n) is 7.57. The average Bonchev–Trinajstić information content (AvgIpc) is 2.85. The monoisotopic (exact) mass is 355 g/mol. The summed E-state index contributed by atoms with van der Waals surface area (Å²) in [6.45, 7) is 10.1. The molecule has 1 amide bonds. The lowest BCUT2D eigenvalue weighted by molar-refractivity contribution is -0.133. The number of amides is 1. The Morgan fingerprint density at radius 3 is 2.74 bits per heavy atom. The maximum Gasteiger partial charge on any atom is 0.242 e. The number of aromatic nitrogens is 1. The minimum absolute atomic E-state index is 0.0127. The van der Waals surface area contributed by atoms with Gasteiger partial charge in [0.15, 0.2) is 11.3 Å². The van der Waals surface area contributed by atoms with Crippen LogP contribution in [0.25, 0.3) is 0 Å². The zero-order chi connectivity index (χ0) is 17.2. The number of nitriles is 1. The average molecular weight is 356 g/mol. The van der Waals surface area contributed by atoms with Crippen LogP contribution in [0.3, 0.4) is 0 Å². The molecule has 2 rings (SSSR count). The summed E-state index contributed by atoms with van der Waals surface area (Å²) in [4.78, 5) is 21.2. The quantitative estimate of drug-likeness (QED) is 0.843. The van der Waals surface area contributed by atoms with Gasteiger partial charge < -0.3 is 15.1 Å². The zero-order valence-corrected chi connectivity index (χ0v) is 15.5. The SMILES string of the molecule is C[C@H]1CN(C#N)CCN1C(=O)CNc1nc(Cl)c(C(C)(C)C)s1. The van der Waals surface area contributed by atoms with Gasteiger partial charge in [-0.2, -0.15) is 5.26 Å². The lowest BCUT2D eigenvalue weighted by atomic mass is 9.95. The molecule has 0 aliphatic carbocycles. The Bertz CT molecular complexity index is 618. The van der Waals surface area contributed by atoms with E-state index in [0.717, 1.165) is 4.88 Å². The Balaban J connectivity index is 1.94. The fourth-order valence-corrected chi connectivity index (χ4v) is 3.96. The van der Waals surface area contributed by atoms with E-state index in [1.807, 2.05) is 6.92 Å². The van der Waals surface area contributed by atoms with Gasteiger partial charge in [0.05, 0.1) is 11.4 Å². The van der Waals surface area contributed by atoms with E-state index in [4.69, 9.17) is 16.9 Å². The number of nitrogens with zero attached hydrogens (tertiary/aromatic N) is 4. The van der Waals surface area contributed by atoms with Gasteiger partial charge in [0.25, 0.3) is 0 Å². The number of piperazine rings is 1. The first-order chi connectivity index (χ1) is 10.7. The van der Waals surface area contributed by atoms with Crippen molar-refractivity contribution in [2.45, 2.75) is 39.2 Å². The van der Waals surface area contributed by atoms with Crippen LogP contribution >= 0.6 is 22.9 Å². The Morgan fingerprint density at radius 1 is 1.52 bits per heavy atom. The number of nitrogens with one attached hydrogen (secondary N) is 1. The van der Waals surface area contributed by atoms with Crippen molar-refractivity contribution >= 4 is 34.0 Å². The molecule has 0 saturated carbocycles. The van der Waals surface area contributed by atoms with Crippen LogP contribution in [0.5, 0.6) is 0 Å². The smallest absolute Gasteiger partial charge is 0.242 e. The van der Waals surface area contributed by atoms with Gasteiger partial charge >= 0.3 is 0 Å². The highest BCUT2D eigenvalue weighted by Crippen LogP contribution is 2.36. The van der Waals surface area contributed by atoms with Crippen LogP contribution in [-0.4, -0.2) is 52.9 Å². The standard InChI is InChI=1S/C15H22ClN5OS/c1-10-8-20(9-17)5-6-21(10)11(22)7-18-14-19-13(16)12(23-14)15(2,3)4/h10H,5-8H2,1-4H3,(H,18,19)/t10-/m0/s1. The Labute approximate surface area is 146 Å². The summed E-state index contributed by atoms with van der Waals surface area (Å²) in [7, 11) is 0. The third kappa shape index (κ3) is 4.27. The Hall–Kier alpha value is -1.52. The lowest BCUT2D eigenvalue weighted by Crippen LogP contribution is -2.53. The Morgan fingerprint density at radius 2 is 2.22 bits per heavy atom. The van der Waals surface area contributed by atoms with Crippen molar-refractivity contribution in [3.63, 3.8) is 0 Å². The number of carbonyl (C=O) groups excluding carboxylic acids is 1. The van der Waals surface area contributed by atoms with Gasteiger partial charge in [-0.3, -0.25) is 4.79 Å². The van der Waals surface area contributed by atoms with Gasteiger partial charge in [-0.05, 0) is 12.3 Å². The zero-order valence-electron chi connectivity index (χ0n) is 13.9. The van der Waals surface area contributed by atoms with Gasteiger partial charge in [0.1, 0.15) is 5.15 Å². The van der Waals surface area contributed by atoms with Crippen molar-refractivity contribution < 1.29 is 4.79 Å². The van der Waals surface area contributed by atoms with Gasteiger partial charge in [0, 0.05) is 25.7 Å². The van der Waals surface area contributed by atoms with E-state index >= 15 is 0 Å². The molecule has 23 heavy (non-hydrogen) atoms. The van der Waals surface area contributed by atoms with Crippen molar-refractivity contribution in [2.24, 2.45) is 0 Å². The van der Waals surface area contributed by atoms with Gasteiger partial charge in [-0.1, -0.05) is 43.7 Å². The molecule has 0 aromatic carbocycles. The first-order valence-corrected chi connectivity index (χ1v) is 8.76. The second-order valence-electron chi connectivity index (χ2n) is 6.72. The summed E-state index contributed by atoms with van der Waals surface area (Å²) >= 11 is 7.66. The topological polar surface area (TPSA) is 72.3 Å². The molecule has 0 spiro atoms. The predicted octanol–water partition coefficient (Wildman–Crippen LogP) is 2.52. The highest BCUT2D eigenvalue weighted by atomic mass is 35.5. The van der Waals surface area contributed by atoms with Crippen LogP contribution in [0.4, 0.5) is 5.13 Å². The van der Waals surface area contributed by atoms with Crippen LogP contribution in [0.15, 0.2) is 0 Å². The molecule has 0 unspecified atom stereocenters. The number of halogens is 1. The minimum Gasteiger partial charge on any atom is -0.352 e. The molecule has 1 saturated heterocycles. The number of hydrogen-bond acceptors (Lipinski definition) is 6. The number of thiazole rings is 1. The van der Waals surface area contributed by atoms with Crippen LogP contribution in [0.2, 0.25) is 5.15 Å². The molecule has 1 aliphatic heterocycles. The summed E-state index contributed by atoms with van der Waals surface area (Å²) in [6.07, 6.45) is 2.13. The molecular formula is C15H22ClN5OS. The van der Waals surface area contributed by atoms with Crippen LogP contribution < -0.4 is 5.32 Å². The van der Waals surface area contributed by atoms with Crippen molar-refractivity contribution in [1.82, 2.24) is 14.8 Å². The van der Waals surface area contributed by atoms with Crippen molar-refractivity contribution in [1.29, 1.82) is 5.26 Å². The molecule has 8 heteroatoms. The van der Waals surface area contributed by atoms with Gasteiger partial charge in [-0.15, -0.1) is 0 Å². The molecule has 1 atom stereocenters. The highest BCUT2D eigenvalue weighted by molar-refractivity contribution is 7.16. The Kier molecular flexibility index (Phi) is 5.37. The largest absolute Gasteiger partial charge is 0.352 e. The molecule has 1 N–H and O–H groups in total. The third-order valence-electron chi connectivity index (χ3n) is 3.75. The van der Waals surface area contributed by atoms with E-state index in [-0.39, 0.29) is 23.9 Å². The fourth-order valence-electron chi connectivity index (χ4n) is 2.51. The maximum atomic E-state index is 12.4. The molecule has 2 heterocycles. The van der Waals surface area contributed by atoms with Crippen molar-refractivity contribution in [3.05, 3.63) is 10.0 Å². The van der Waals surface area contributed by atoms with Crippen LogP contribution in [0, 0.1) is 11.5 Å². The third-order valence-corrected chi connectivity index (χ3v) is 5.57. The van der Waals surface area contributed by atoms with E-state index in [1.54, 1.807) is 9.80 Å². The summed E-state index contributed by atoms with van der Waals surface area (Å²) in [5.41, 5.74) is -0.0686. The maximum absolute atomic E-state index is 12.4. The summed E-state index contributed by atoms with van der Waals surface area (Å²) in [6, 6.07) is 0.0303. The molecule has 1 aliphatic rings. The molecular weight excluding hydrogens is 334 g/mol. The lowest BCUT2D eigenvalue weighted by Gasteiger charge is -2.37. The number of hydrogen-bond donors (Lipinski definition) is 1. The summed E-state index contributed by atoms with van der Waals surface area (Å²) in [5, 5.41) is 13.2. The molecule has 1 aromatic rings. The second kappa shape index (κ2) is 6.93. The van der Waals surface area contributed by atoms with Crippen molar-refractivity contribution in [3.8, 4) is 6.19 Å². The fraction of sp³-hybridized carbons (Fsp3) is 0.667. The summed E-state index contributed by atoms with van der Waals surface area (Å²) < 4.78 is 0. The van der Waals surface area contributed by atoms with E-state index in [9.17, 15) is 4.79 Å². The molecule has 0 radical (unpaired) electrons. The molecule has 126 valence electrons. The molecule has 1 aromatic heterocycles. The molecule has 0 bridgehead atoms. The summed E-state index contributed by atoms with van der Waals surface area (Å²) in [5.74, 6) is 0.0127. The molecule has 6 nitrogen and oxygen atoms in total. The first kappa shape index (κ1) is 17.8. The van der Waals surface area contributed by atoms with Crippen molar-refractivity contribution in [2.75, 3.05) is 31.5 Å². The van der Waals surface area contributed by atoms with E-state index in [1.165, 1.54) is 11.3 Å². The van der Waals surface area contributed by atoms with Gasteiger partial charge in [-0.25, -0.2) is 4.98 Å². The second-order valence-corrected chi connectivity index (χ2v) is 8.08. The van der Waals surface area contributed by atoms with Crippen LogP contribution in [0.1, 0.15) is 32.6 Å². The number of carbonyl (C=O) groups is 1. The van der Waals surface area contributed by atoms with E-state index in [2.05, 4.69) is 37.3 Å². The van der Waals surface area contributed by atoms with Crippen LogP contribution in [-0.2, 0) is 10.2 Å². The minimum atomic E-state index is -0.0686. The van der Waals surface area contributed by atoms with E-state index in [0.29, 0.717) is 29.9 Å².